The molecule has 0 atom stereocenters. The van der Waals surface area contributed by atoms with Crippen LogP contribution in [-0.4, -0.2) is 29.3 Å². The Morgan fingerprint density at radius 3 is 2.52 bits per heavy atom. The van der Waals surface area contributed by atoms with Gasteiger partial charge in [0.05, 0.1) is 7.11 Å². The van der Waals surface area contributed by atoms with E-state index in [0.717, 1.165) is 6.07 Å². The quantitative estimate of drug-likeness (QED) is 0.610. The molecule has 2 rings (SSSR count). The summed E-state index contributed by atoms with van der Waals surface area (Å²) in [6.07, 6.45) is -4.64. The van der Waals surface area contributed by atoms with E-state index in [2.05, 4.69) is 10.3 Å². The normalized spacial score (nSPS) is 10.8. The molecule has 0 bridgehead atoms. The van der Waals surface area contributed by atoms with Crippen molar-refractivity contribution < 1.29 is 22.7 Å². The van der Waals surface area contributed by atoms with Crippen molar-refractivity contribution >= 4 is 23.0 Å². The van der Waals surface area contributed by atoms with Gasteiger partial charge in [-0.05, 0) is 54.2 Å². The molecule has 1 heterocycles. The number of halogens is 3. The van der Waals surface area contributed by atoms with Crippen molar-refractivity contribution in [1.82, 2.24) is 10.0 Å². The molecule has 2 aromatic rings. The fraction of sp³-hybridized carbons (Fsp3) is 0.235. The van der Waals surface area contributed by atoms with E-state index < -0.39 is 11.9 Å². The highest BCUT2D eigenvalue weighted by Crippen LogP contribution is 2.29. The second kappa shape index (κ2) is 8.66. The number of nitriles is 1. The molecule has 6 nitrogen and oxygen atoms in total. The van der Waals surface area contributed by atoms with E-state index in [4.69, 9.17) is 27.1 Å². The molecule has 27 heavy (non-hydrogen) atoms. The van der Waals surface area contributed by atoms with Gasteiger partial charge in [0, 0.05) is 12.7 Å². The van der Waals surface area contributed by atoms with Gasteiger partial charge in [-0.2, -0.15) is 18.4 Å². The number of alkyl halides is 3. The van der Waals surface area contributed by atoms with Crippen molar-refractivity contribution in [2.75, 3.05) is 19.5 Å². The zero-order valence-corrected chi connectivity index (χ0v) is 15.2. The van der Waals surface area contributed by atoms with Crippen LogP contribution < -0.4 is 10.1 Å². The highest BCUT2D eigenvalue weighted by atomic mass is 32.1. The molecule has 0 saturated heterocycles. The van der Waals surface area contributed by atoms with Gasteiger partial charge in [-0.25, -0.2) is 10.0 Å². The molecule has 1 aromatic carbocycles. The van der Waals surface area contributed by atoms with E-state index in [1.54, 1.807) is 37.4 Å². The van der Waals surface area contributed by atoms with Crippen LogP contribution >= 0.6 is 12.2 Å². The van der Waals surface area contributed by atoms with E-state index in [-0.39, 0.29) is 17.9 Å². The third kappa shape index (κ3) is 5.80. The molecule has 1 N–H and O–H groups in total. The van der Waals surface area contributed by atoms with E-state index in [1.807, 2.05) is 0 Å². The summed E-state index contributed by atoms with van der Waals surface area (Å²) in [5, 5.41) is 13.5. The molecule has 0 unspecified atom stereocenters. The molecule has 0 spiro atoms. The predicted octanol–water partition coefficient (Wildman–Crippen LogP) is 3.74. The Morgan fingerprint density at radius 2 is 1.96 bits per heavy atom. The molecular formula is C17H15F3N4O2S. The standard InChI is InChI=1S/C17H15F3N4O2S/c1-24(25-2)16(27)23-12-3-5-14(6-4-12)26-10-11-7-13(9-21)22-15(8-11)17(18,19)20/h3-8H,10H2,1-2H3,(H,23,27). The minimum absolute atomic E-state index is 0.141. The lowest BCUT2D eigenvalue weighted by atomic mass is 10.2. The third-order valence-electron chi connectivity index (χ3n) is 3.36. The molecule has 0 aliphatic heterocycles. The number of hydrogen-bond donors (Lipinski definition) is 1. The van der Waals surface area contributed by atoms with Gasteiger partial charge in [0.1, 0.15) is 29.8 Å². The number of nitrogens with one attached hydrogen (secondary N) is 1. The first-order valence-electron chi connectivity index (χ1n) is 7.53. The minimum atomic E-state index is -4.64. The van der Waals surface area contributed by atoms with Crippen LogP contribution in [0.4, 0.5) is 18.9 Å². The maximum Gasteiger partial charge on any atom is 0.433 e. The summed E-state index contributed by atoms with van der Waals surface area (Å²) in [6, 6.07) is 10.4. The largest absolute Gasteiger partial charge is 0.489 e. The van der Waals surface area contributed by atoms with Crippen LogP contribution in [0.25, 0.3) is 0 Å². The molecule has 0 radical (unpaired) electrons. The molecule has 1 aromatic heterocycles. The number of hydroxylamine groups is 2. The Hall–Kier alpha value is -2.90. The summed E-state index contributed by atoms with van der Waals surface area (Å²) < 4.78 is 44.0. The van der Waals surface area contributed by atoms with Crippen molar-refractivity contribution in [2.45, 2.75) is 12.8 Å². The third-order valence-corrected chi connectivity index (χ3v) is 3.72. The average Bonchev–Trinajstić information content (AvgIpc) is 2.65. The van der Waals surface area contributed by atoms with Crippen LogP contribution in [0.3, 0.4) is 0 Å². The van der Waals surface area contributed by atoms with Crippen molar-refractivity contribution in [3.63, 3.8) is 0 Å². The van der Waals surface area contributed by atoms with Crippen LogP contribution in [0.15, 0.2) is 36.4 Å². The highest BCUT2D eigenvalue weighted by molar-refractivity contribution is 7.80. The number of aromatic nitrogens is 1. The first-order valence-corrected chi connectivity index (χ1v) is 7.93. The summed E-state index contributed by atoms with van der Waals surface area (Å²) in [4.78, 5) is 8.21. The molecule has 0 aliphatic rings. The van der Waals surface area contributed by atoms with E-state index >= 15 is 0 Å². The number of nitrogens with zero attached hydrogens (tertiary/aromatic N) is 3. The average molecular weight is 396 g/mol. The van der Waals surface area contributed by atoms with Crippen LogP contribution in [-0.2, 0) is 17.6 Å². The fourth-order valence-corrected chi connectivity index (χ4v) is 2.15. The van der Waals surface area contributed by atoms with E-state index in [1.165, 1.54) is 18.2 Å². The van der Waals surface area contributed by atoms with Gasteiger partial charge in [-0.3, -0.25) is 4.84 Å². The van der Waals surface area contributed by atoms with Crippen LogP contribution in [0.5, 0.6) is 5.75 Å². The minimum Gasteiger partial charge on any atom is -0.489 e. The van der Waals surface area contributed by atoms with Crippen LogP contribution in [0.1, 0.15) is 17.0 Å². The maximum absolute atomic E-state index is 12.8. The fourth-order valence-electron chi connectivity index (χ4n) is 1.96. The Morgan fingerprint density at radius 1 is 1.30 bits per heavy atom. The lowest BCUT2D eigenvalue weighted by Gasteiger charge is -2.18. The van der Waals surface area contributed by atoms with Gasteiger partial charge >= 0.3 is 6.18 Å². The zero-order valence-electron chi connectivity index (χ0n) is 14.4. The van der Waals surface area contributed by atoms with Gasteiger partial charge in [0.15, 0.2) is 5.11 Å². The van der Waals surface area contributed by atoms with E-state index in [0.29, 0.717) is 16.5 Å². The number of ether oxygens (including phenoxy) is 1. The van der Waals surface area contributed by atoms with Gasteiger partial charge in [0.2, 0.25) is 0 Å². The number of anilines is 1. The number of rotatable bonds is 5. The van der Waals surface area contributed by atoms with Gasteiger partial charge < -0.3 is 10.1 Å². The summed E-state index contributed by atoms with van der Waals surface area (Å²) in [5.41, 5.74) is -0.570. The van der Waals surface area contributed by atoms with Crippen LogP contribution in [0.2, 0.25) is 0 Å². The van der Waals surface area contributed by atoms with E-state index in [9.17, 15) is 13.2 Å². The Kier molecular flexibility index (Phi) is 6.55. The zero-order chi connectivity index (χ0) is 20.0. The molecule has 10 heteroatoms. The molecule has 0 fully saturated rings. The highest BCUT2D eigenvalue weighted by Gasteiger charge is 2.33. The van der Waals surface area contributed by atoms with Gasteiger partial charge in [-0.1, -0.05) is 0 Å². The predicted molar refractivity (Wildman–Crippen MR) is 95.7 cm³/mol. The lowest BCUT2D eigenvalue weighted by Crippen LogP contribution is -2.29. The summed E-state index contributed by atoms with van der Waals surface area (Å²) in [5.74, 6) is 0.440. The molecule has 0 saturated carbocycles. The number of thiocarbonyl (C=S) groups is 1. The number of pyridine rings is 1. The molecule has 142 valence electrons. The smallest absolute Gasteiger partial charge is 0.433 e. The Balaban J connectivity index is 2.05. The Bertz CT molecular complexity index is 851. The maximum atomic E-state index is 12.8. The molecule has 0 amide bonds. The summed E-state index contributed by atoms with van der Waals surface area (Å²) in [6.45, 7) is -0.141. The first kappa shape index (κ1) is 20.4. The van der Waals surface area contributed by atoms with Gasteiger partial charge in [-0.15, -0.1) is 0 Å². The first-order chi connectivity index (χ1) is 12.7. The number of benzene rings is 1. The van der Waals surface area contributed by atoms with Crippen LogP contribution in [0, 0.1) is 11.3 Å². The second-order valence-corrected chi connectivity index (χ2v) is 5.67. The van der Waals surface area contributed by atoms with Crippen molar-refractivity contribution in [3.05, 3.63) is 53.3 Å². The van der Waals surface area contributed by atoms with Gasteiger partial charge in [0.25, 0.3) is 0 Å². The summed E-state index contributed by atoms with van der Waals surface area (Å²) in [7, 11) is 3.12. The molecule has 0 aliphatic carbocycles. The second-order valence-electron chi connectivity index (χ2n) is 5.28. The lowest BCUT2D eigenvalue weighted by molar-refractivity contribution is -0.141. The molecular weight excluding hydrogens is 381 g/mol. The van der Waals surface area contributed by atoms with Crippen molar-refractivity contribution in [1.29, 1.82) is 5.26 Å². The number of hydrogen-bond acceptors (Lipinski definition) is 5. The van der Waals surface area contributed by atoms with Crippen molar-refractivity contribution in [3.8, 4) is 11.8 Å². The topological polar surface area (TPSA) is 70.4 Å². The SMILES string of the molecule is CON(C)C(=S)Nc1ccc(OCc2cc(C#N)nc(C(F)(F)F)c2)cc1. The van der Waals surface area contributed by atoms with Crippen molar-refractivity contribution in [2.24, 2.45) is 0 Å². The monoisotopic (exact) mass is 396 g/mol. The summed E-state index contributed by atoms with van der Waals surface area (Å²) >= 11 is 5.11. The Labute approximate surface area is 159 Å².